The second-order valence-electron chi connectivity index (χ2n) is 3.42. The maximum Gasteiger partial charge on any atom is 0.416 e. The summed E-state index contributed by atoms with van der Waals surface area (Å²) in [7, 11) is 0. The number of halogens is 3. The van der Waals surface area contributed by atoms with E-state index in [2.05, 4.69) is 9.59 Å². The molecule has 2 rings (SSSR count). The van der Waals surface area contributed by atoms with Crippen LogP contribution < -0.4 is 5.73 Å². The highest BCUT2D eigenvalue weighted by Gasteiger charge is 2.30. The van der Waals surface area contributed by atoms with Crippen molar-refractivity contribution in [1.82, 2.24) is 9.59 Å². The molecule has 0 saturated carbocycles. The lowest BCUT2D eigenvalue weighted by Gasteiger charge is -2.12. The van der Waals surface area contributed by atoms with E-state index in [1.807, 2.05) is 0 Å². The molecule has 1 aromatic heterocycles. The van der Waals surface area contributed by atoms with Crippen LogP contribution in [0.5, 0.6) is 0 Å². The molecule has 0 radical (unpaired) electrons. The molecule has 1 heterocycles. The predicted octanol–water partition coefficient (Wildman–Crippen LogP) is 2.61. The van der Waals surface area contributed by atoms with E-state index in [4.69, 9.17) is 5.73 Å². The molecule has 0 aliphatic heterocycles. The minimum absolute atomic E-state index is 0.394. The van der Waals surface area contributed by atoms with Crippen molar-refractivity contribution in [2.45, 2.75) is 12.2 Å². The minimum atomic E-state index is -4.36. The molecular formula is C10H8F3N3S. The van der Waals surface area contributed by atoms with Crippen molar-refractivity contribution in [3.63, 3.8) is 0 Å². The fourth-order valence-corrected chi connectivity index (χ4v) is 1.92. The molecule has 2 N–H and O–H groups in total. The van der Waals surface area contributed by atoms with Gasteiger partial charge in [0.2, 0.25) is 0 Å². The monoisotopic (exact) mass is 259 g/mol. The van der Waals surface area contributed by atoms with Gasteiger partial charge in [-0.1, -0.05) is 16.6 Å². The van der Waals surface area contributed by atoms with Gasteiger partial charge in [0.15, 0.2) is 0 Å². The molecule has 0 saturated heterocycles. The van der Waals surface area contributed by atoms with Crippen molar-refractivity contribution in [3.05, 3.63) is 46.5 Å². The summed E-state index contributed by atoms with van der Waals surface area (Å²) in [5.41, 5.74) is 5.52. The third-order valence-corrected chi connectivity index (χ3v) is 3.00. The Hall–Kier alpha value is -1.47. The van der Waals surface area contributed by atoms with Gasteiger partial charge in [-0.15, -0.1) is 5.10 Å². The van der Waals surface area contributed by atoms with E-state index in [9.17, 15) is 13.2 Å². The molecule has 90 valence electrons. The molecule has 0 fully saturated rings. The van der Waals surface area contributed by atoms with Crippen molar-refractivity contribution >= 4 is 11.5 Å². The van der Waals surface area contributed by atoms with E-state index in [1.165, 1.54) is 12.3 Å². The van der Waals surface area contributed by atoms with Gasteiger partial charge in [-0.25, -0.2) is 0 Å². The zero-order valence-electron chi connectivity index (χ0n) is 8.48. The van der Waals surface area contributed by atoms with Gasteiger partial charge in [0, 0.05) is 0 Å². The highest BCUT2D eigenvalue weighted by molar-refractivity contribution is 7.05. The number of hydrogen-bond acceptors (Lipinski definition) is 4. The molecule has 1 aromatic carbocycles. The Kier molecular flexibility index (Phi) is 3.12. The molecule has 0 aliphatic carbocycles. The molecule has 0 aliphatic rings. The largest absolute Gasteiger partial charge is 0.416 e. The Bertz CT molecular complexity index is 496. The highest BCUT2D eigenvalue weighted by atomic mass is 32.1. The summed E-state index contributed by atoms with van der Waals surface area (Å²) in [5.74, 6) is 0. The third kappa shape index (κ3) is 2.62. The molecule has 2 aromatic rings. The summed E-state index contributed by atoms with van der Waals surface area (Å²) < 4.78 is 41.2. The topological polar surface area (TPSA) is 51.8 Å². The summed E-state index contributed by atoms with van der Waals surface area (Å²) in [6.45, 7) is 0. The molecule has 0 spiro atoms. The number of alkyl halides is 3. The Balaban J connectivity index is 2.34. The Labute approximate surface area is 99.2 Å². The summed E-state index contributed by atoms with van der Waals surface area (Å²) in [4.78, 5) is 0.629. The maximum absolute atomic E-state index is 12.5. The Morgan fingerprint density at radius 1 is 1.29 bits per heavy atom. The first-order chi connectivity index (χ1) is 7.98. The van der Waals surface area contributed by atoms with Gasteiger partial charge < -0.3 is 5.73 Å². The zero-order valence-corrected chi connectivity index (χ0v) is 9.29. The molecular weight excluding hydrogens is 251 g/mol. The lowest BCUT2D eigenvalue weighted by atomic mass is 10.0. The molecule has 17 heavy (non-hydrogen) atoms. The number of hydrogen-bond donors (Lipinski definition) is 1. The van der Waals surface area contributed by atoms with Gasteiger partial charge in [-0.3, -0.25) is 0 Å². The van der Waals surface area contributed by atoms with Gasteiger partial charge in [0.05, 0.1) is 22.7 Å². The summed E-state index contributed by atoms with van der Waals surface area (Å²) in [5, 5.41) is 3.61. The van der Waals surface area contributed by atoms with E-state index in [-0.39, 0.29) is 0 Å². The van der Waals surface area contributed by atoms with Gasteiger partial charge >= 0.3 is 6.18 Å². The van der Waals surface area contributed by atoms with Gasteiger partial charge in [-0.05, 0) is 29.2 Å². The predicted molar refractivity (Wildman–Crippen MR) is 57.4 cm³/mol. The van der Waals surface area contributed by atoms with Crippen molar-refractivity contribution in [3.8, 4) is 0 Å². The average Bonchev–Trinajstić information content (AvgIpc) is 2.80. The van der Waals surface area contributed by atoms with Gasteiger partial charge in [0.1, 0.15) is 0 Å². The first-order valence-corrected chi connectivity index (χ1v) is 5.46. The smallest absolute Gasteiger partial charge is 0.320 e. The average molecular weight is 259 g/mol. The number of rotatable bonds is 2. The standard InChI is InChI=1S/C10H8F3N3S/c11-10(12,13)7-3-1-2-6(4-7)9(14)8-5-15-16-17-8/h1-5,9H,14H2. The van der Waals surface area contributed by atoms with Crippen molar-refractivity contribution in [2.24, 2.45) is 5.73 Å². The number of nitrogens with zero attached hydrogens (tertiary/aromatic N) is 2. The van der Waals surface area contributed by atoms with Crippen molar-refractivity contribution < 1.29 is 13.2 Å². The van der Waals surface area contributed by atoms with Gasteiger partial charge in [0.25, 0.3) is 0 Å². The van der Waals surface area contributed by atoms with Crippen LogP contribution in [0.15, 0.2) is 30.5 Å². The molecule has 0 bridgehead atoms. The first kappa shape index (κ1) is 12.0. The quantitative estimate of drug-likeness (QED) is 0.901. The van der Waals surface area contributed by atoms with E-state index in [1.54, 1.807) is 6.07 Å². The Morgan fingerprint density at radius 2 is 2.06 bits per heavy atom. The van der Waals surface area contributed by atoms with E-state index >= 15 is 0 Å². The van der Waals surface area contributed by atoms with E-state index in [0.29, 0.717) is 10.4 Å². The van der Waals surface area contributed by atoms with Crippen LogP contribution in [0.1, 0.15) is 22.0 Å². The van der Waals surface area contributed by atoms with Crippen LogP contribution in [0.4, 0.5) is 13.2 Å². The maximum atomic E-state index is 12.5. The molecule has 7 heteroatoms. The summed E-state index contributed by atoms with van der Waals surface area (Å²) in [6, 6.07) is 4.33. The highest BCUT2D eigenvalue weighted by Crippen LogP contribution is 2.31. The van der Waals surface area contributed by atoms with Crippen LogP contribution in [-0.2, 0) is 6.18 Å². The number of aromatic nitrogens is 2. The minimum Gasteiger partial charge on any atom is -0.320 e. The Morgan fingerprint density at radius 3 is 2.65 bits per heavy atom. The van der Waals surface area contributed by atoms with Gasteiger partial charge in [-0.2, -0.15) is 13.2 Å². The van der Waals surface area contributed by atoms with Crippen LogP contribution >= 0.6 is 11.5 Å². The second kappa shape index (κ2) is 4.42. The van der Waals surface area contributed by atoms with Crippen LogP contribution in [0.2, 0.25) is 0 Å². The van der Waals surface area contributed by atoms with Crippen molar-refractivity contribution in [2.75, 3.05) is 0 Å². The molecule has 1 atom stereocenters. The molecule has 3 nitrogen and oxygen atoms in total. The zero-order chi connectivity index (χ0) is 12.5. The van der Waals surface area contributed by atoms with Crippen LogP contribution in [0.25, 0.3) is 0 Å². The first-order valence-electron chi connectivity index (χ1n) is 4.68. The van der Waals surface area contributed by atoms with E-state index in [0.717, 1.165) is 23.7 Å². The van der Waals surface area contributed by atoms with Crippen LogP contribution in [-0.4, -0.2) is 9.59 Å². The second-order valence-corrected chi connectivity index (χ2v) is 4.24. The van der Waals surface area contributed by atoms with Crippen molar-refractivity contribution in [1.29, 1.82) is 0 Å². The molecule has 1 unspecified atom stereocenters. The van der Waals surface area contributed by atoms with E-state index < -0.39 is 17.8 Å². The summed E-state index contributed by atoms with van der Waals surface area (Å²) in [6.07, 6.45) is -2.91. The van der Waals surface area contributed by atoms with Crippen LogP contribution in [0, 0.1) is 0 Å². The normalized spacial score (nSPS) is 13.6. The number of nitrogens with two attached hydrogens (primary N) is 1. The lowest BCUT2D eigenvalue weighted by Crippen LogP contribution is -2.12. The fraction of sp³-hybridized carbons (Fsp3) is 0.200. The lowest BCUT2D eigenvalue weighted by molar-refractivity contribution is -0.137. The molecule has 0 amide bonds. The fourth-order valence-electron chi connectivity index (χ4n) is 1.38. The summed E-state index contributed by atoms with van der Waals surface area (Å²) >= 11 is 1.07. The third-order valence-electron chi connectivity index (χ3n) is 2.26. The SMILES string of the molecule is NC(c1cccc(C(F)(F)F)c1)c1cnns1. The number of benzene rings is 1. The van der Waals surface area contributed by atoms with Crippen LogP contribution in [0.3, 0.4) is 0 Å².